The summed E-state index contributed by atoms with van der Waals surface area (Å²) in [5.41, 5.74) is 10.0. The van der Waals surface area contributed by atoms with Crippen molar-refractivity contribution >= 4 is 140 Å². The second kappa shape index (κ2) is 19.6. The number of hydrogen-bond donors (Lipinski definition) is 1. The van der Waals surface area contributed by atoms with Crippen molar-refractivity contribution in [2.75, 3.05) is 0 Å². The first-order valence-corrected chi connectivity index (χ1v) is 26.0. The summed E-state index contributed by atoms with van der Waals surface area (Å²) in [7, 11) is 0.721. The minimum Gasteiger partial charge on any atom is -0.536 e. The van der Waals surface area contributed by atoms with Gasteiger partial charge in [0.15, 0.2) is 4.48 Å². The molecule has 0 unspecified atom stereocenters. The second-order valence-corrected chi connectivity index (χ2v) is 20.8. The molecule has 13 rings (SSSR count). The summed E-state index contributed by atoms with van der Waals surface area (Å²) >= 11 is 12.5. The Labute approximate surface area is 424 Å². The molecule has 0 aliphatic heterocycles. The highest BCUT2D eigenvalue weighted by atomic mass is 79.9. The van der Waals surface area contributed by atoms with Gasteiger partial charge >= 0.3 is 7.69 Å². The Hall–Kier alpha value is -6.45. The van der Waals surface area contributed by atoms with Crippen molar-refractivity contribution in [2.45, 2.75) is 0 Å². The molecule has 9 aromatic carbocycles. The lowest BCUT2D eigenvalue weighted by Gasteiger charge is -2.16. The van der Waals surface area contributed by atoms with Crippen LogP contribution in [0.5, 0.6) is 5.75 Å². The van der Waals surface area contributed by atoms with E-state index in [4.69, 9.17) is 9.68 Å². The predicted octanol–water partition coefficient (Wildman–Crippen LogP) is 18.9. The zero-order chi connectivity index (χ0) is 46.0. The molecule has 0 spiro atoms. The van der Waals surface area contributed by atoms with Gasteiger partial charge in [-0.1, -0.05) is 164 Å². The Balaban J connectivity index is 0.000000138. The molecule has 1 aliphatic rings. The first-order valence-electron chi connectivity index (χ1n) is 22.0. The van der Waals surface area contributed by atoms with Crippen molar-refractivity contribution in [2.24, 2.45) is 0 Å². The van der Waals surface area contributed by atoms with Gasteiger partial charge in [-0.15, -0.1) is 34.0 Å². The maximum absolute atomic E-state index is 8.71. The molecule has 0 saturated heterocycles. The highest BCUT2D eigenvalue weighted by molar-refractivity contribution is 9.12. The normalized spacial score (nSPS) is 12.0. The van der Waals surface area contributed by atoms with Gasteiger partial charge in [-0.05, 0) is 90.5 Å². The van der Waals surface area contributed by atoms with Crippen LogP contribution < -0.4 is 4.65 Å². The van der Waals surface area contributed by atoms with Gasteiger partial charge in [0.2, 0.25) is 0 Å². The molecule has 1 radical (unpaired) electrons. The van der Waals surface area contributed by atoms with Crippen molar-refractivity contribution in [3.05, 3.63) is 239 Å². The zero-order valence-electron chi connectivity index (χ0n) is 36.2. The number of hydrogen-bond acceptors (Lipinski definition) is 5. The Morgan fingerprint density at radius 3 is 1.26 bits per heavy atom. The number of allylic oxidation sites excluding steroid dienone is 6. The molecule has 12 aromatic rings. The van der Waals surface area contributed by atoms with E-state index in [2.05, 4.69) is 202 Å². The topological polar surface area (TPSA) is 29.5 Å². The van der Waals surface area contributed by atoms with E-state index in [-0.39, 0.29) is 0 Å². The number of thiophene rings is 3. The Morgan fingerprint density at radius 2 is 0.779 bits per heavy atom. The number of benzene rings is 9. The lowest BCUT2D eigenvalue weighted by atomic mass is 9.89. The molecule has 1 aliphatic carbocycles. The van der Waals surface area contributed by atoms with E-state index in [1.807, 2.05) is 77.3 Å². The lowest BCUT2D eigenvalue weighted by molar-refractivity contribution is 0.457. The standard InChI is InChI=1S/C36H22S2.C12H8BO2S.C12H7Br2/c1-3-13-25(29-17-9-19-31-27-15-5-7-21-33(27)37-35(29)31)23(11-1)24-12-2-4-14-26(24)30-18-10-20-32-28-16-6-8-22-34(28)38-36(30)32;14-13-15-10-6-3-5-9-8-4-1-2-7-11(8)16-12(9)10;13-11-7-3-1-5-9(11)10-6-2-4-8-12(10)14/h1-22H;1-7,14H;1-7H/q;;+1. The van der Waals surface area contributed by atoms with Crippen molar-refractivity contribution in [3.63, 3.8) is 0 Å². The monoisotopic (exact) mass is 1050 g/mol. The molecule has 0 atom stereocenters. The maximum Gasteiger partial charge on any atom is 0.569 e. The molecule has 3 heterocycles. The summed E-state index contributed by atoms with van der Waals surface area (Å²) in [5.74, 6) is 0.696. The van der Waals surface area contributed by atoms with Crippen molar-refractivity contribution in [1.29, 1.82) is 0 Å². The van der Waals surface area contributed by atoms with Gasteiger partial charge in [-0.25, -0.2) is 0 Å². The molecular weight excluding hydrogens is 1020 g/mol. The summed E-state index contributed by atoms with van der Waals surface area (Å²) in [6.45, 7) is 0. The molecule has 3 aromatic heterocycles. The summed E-state index contributed by atoms with van der Waals surface area (Å²) in [6.07, 6.45) is 9.07. The third-order valence-electron chi connectivity index (χ3n) is 12.1. The van der Waals surface area contributed by atoms with Crippen LogP contribution in [0, 0.1) is 6.08 Å². The lowest BCUT2D eigenvalue weighted by Crippen LogP contribution is -1.99. The van der Waals surface area contributed by atoms with Gasteiger partial charge in [0.1, 0.15) is 17.4 Å². The molecule has 0 fully saturated rings. The molecule has 0 amide bonds. The number of rotatable bonds is 6. The Bertz CT molecular complexity index is 3780. The summed E-state index contributed by atoms with van der Waals surface area (Å²) in [6, 6.07) is 71.0. The van der Waals surface area contributed by atoms with Gasteiger partial charge in [0.25, 0.3) is 0 Å². The van der Waals surface area contributed by atoms with Crippen LogP contribution >= 0.6 is 65.9 Å². The zero-order valence-corrected chi connectivity index (χ0v) is 41.8. The van der Waals surface area contributed by atoms with E-state index in [1.165, 1.54) is 94.8 Å². The molecule has 1 N–H and O–H groups in total. The molecule has 323 valence electrons. The summed E-state index contributed by atoms with van der Waals surface area (Å²) < 4.78 is 14.9. The average molecular weight is 1060 g/mol. The van der Waals surface area contributed by atoms with Crippen LogP contribution in [0.1, 0.15) is 5.56 Å². The summed E-state index contributed by atoms with van der Waals surface area (Å²) in [4.78, 5) is 0. The largest absolute Gasteiger partial charge is 0.569 e. The van der Waals surface area contributed by atoms with Crippen LogP contribution in [0.25, 0.3) is 99.5 Å². The van der Waals surface area contributed by atoms with Gasteiger partial charge < -0.3 is 9.68 Å². The van der Waals surface area contributed by atoms with E-state index >= 15 is 0 Å². The quantitative estimate of drug-likeness (QED) is 0.133. The number of halogens is 2. The fourth-order valence-corrected chi connectivity index (χ4v) is 13.6. The fraction of sp³-hybridized carbons (Fsp3) is 0. The smallest absolute Gasteiger partial charge is 0.536 e. The van der Waals surface area contributed by atoms with Crippen LogP contribution in [-0.2, 0) is 0 Å². The van der Waals surface area contributed by atoms with E-state index in [1.54, 1.807) is 11.3 Å². The van der Waals surface area contributed by atoms with Crippen molar-refractivity contribution in [3.8, 4) is 39.1 Å². The van der Waals surface area contributed by atoms with E-state index in [9.17, 15) is 0 Å². The minimum absolute atomic E-state index is 0.696. The van der Waals surface area contributed by atoms with E-state index in [0.717, 1.165) is 26.9 Å². The van der Waals surface area contributed by atoms with E-state index < -0.39 is 0 Å². The molecule has 0 saturated carbocycles. The summed E-state index contributed by atoms with van der Waals surface area (Å²) in [5, 5.41) is 16.4. The first-order chi connectivity index (χ1) is 33.6. The second-order valence-electron chi connectivity index (χ2n) is 16.0. The number of fused-ring (bicyclic) bond motifs is 9. The minimum atomic E-state index is 0.696. The highest BCUT2D eigenvalue weighted by Gasteiger charge is 2.20. The molecule has 2 nitrogen and oxygen atoms in total. The Morgan fingerprint density at radius 1 is 0.397 bits per heavy atom. The van der Waals surface area contributed by atoms with Crippen LogP contribution in [-0.4, -0.2) is 12.7 Å². The van der Waals surface area contributed by atoms with Crippen LogP contribution in [0.15, 0.2) is 227 Å². The van der Waals surface area contributed by atoms with E-state index in [0.29, 0.717) is 5.75 Å². The van der Waals surface area contributed by atoms with Crippen molar-refractivity contribution in [1.82, 2.24) is 0 Å². The van der Waals surface area contributed by atoms with Gasteiger partial charge in [-0.3, -0.25) is 0 Å². The fourth-order valence-electron chi connectivity index (χ4n) is 9.00. The van der Waals surface area contributed by atoms with Gasteiger partial charge in [0.05, 0.1) is 22.4 Å². The average Bonchev–Trinajstić information content (AvgIpc) is 4.10. The van der Waals surface area contributed by atoms with Gasteiger partial charge in [-0.2, -0.15) is 0 Å². The first kappa shape index (κ1) is 44.1. The molecule has 68 heavy (non-hydrogen) atoms. The molecule has 0 bridgehead atoms. The van der Waals surface area contributed by atoms with Crippen LogP contribution in [0.2, 0.25) is 0 Å². The maximum atomic E-state index is 8.71. The predicted molar refractivity (Wildman–Crippen MR) is 303 cm³/mol. The third kappa shape index (κ3) is 8.44. The Kier molecular flexibility index (Phi) is 12.7. The molecular formula is C60H37BBr2O2S3+. The van der Waals surface area contributed by atoms with Crippen LogP contribution in [0.3, 0.4) is 0 Å². The third-order valence-corrected chi connectivity index (χ3v) is 17.0. The van der Waals surface area contributed by atoms with Crippen molar-refractivity contribution < 1.29 is 9.68 Å². The SMILES string of the molecule is BrC1=[C+]C=CC=C1c1ccccc1Br.O[B]Oc1cccc2c1sc1ccccc12.c1ccc(-c2cccc3c2sc2ccccc23)c(-c2ccccc2-c2cccc3c2sc2ccccc23)c1. The molecule has 8 heteroatoms. The van der Waals surface area contributed by atoms with Gasteiger partial charge in [0, 0.05) is 77.5 Å². The van der Waals surface area contributed by atoms with Crippen LogP contribution in [0.4, 0.5) is 0 Å². The highest BCUT2D eigenvalue weighted by Crippen LogP contribution is 2.47.